The summed E-state index contributed by atoms with van der Waals surface area (Å²) >= 11 is 0. The number of sulfonamides is 1. The van der Waals surface area contributed by atoms with Gasteiger partial charge in [0.25, 0.3) is 21.5 Å². The highest BCUT2D eigenvalue weighted by atomic mass is 32.2. The van der Waals surface area contributed by atoms with Gasteiger partial charge in [0.2, 0.25) is 0 Å². The molecule has 1 fully saturated rings. The Balaban J connectivity index is 1.58. The predicted octanol–water partition coefficient (Wildman–Crippen LogP) is 2.53. The summed E-state index contributed by atoms with van der Waals surface area (Å²) in [7, 11) is -2.36. The molecule has 10 heteroatoms. The Labute approximate surface area is 198 Å². The number of nitrogens with one attached hydrogen (secondary N) is 1. The van der Waals surface area contributed by atoms with E-state index in [0.717, 1.165) is 0 Å². The van der Waals surface area contributed by atoms with Crippen LogP contribution >= 0.6 is 0 Å². The first-order valence-electron chi connectivity index (χ1n) is 11.0. The number of morpholine rings is 1. The van der Waals surface area contributed by atoms with Gasteiger partial charge in [0.05, 0.1) is 28.5 Å². The zero-order valence-electron chi connectivity index (χ0n) is 19.6. The zero-order chi connectivity index (χ0) is 24.6. The molecule has 2 atom stereocenters. The molecule has 4 rings (SSSR count). The Morgan fingerprint density at radius 3 is 2.18 bits per heavy atom. The van der Waals surface area contributed by atoms with Crippen molar-refractivity contribution in [3.05, 3.63) is 76.2 Å². The maximum Gasteiger partial charge on any atom is 0.296 e. The summed E-state index contributed by atoms with van der Waals surface area (Å²) in [4.78, 5) is 27.6. The van der Waals surface area contributed by atoms with Crippen LogP contribution in [0.1, 0.15) is 29.9 Å². The second-order valence-electron chi connectivity index (χ2n) is 8.53. The molecule has 0 spiro atoms. The van der Waals surface area contributed by atoms with Gasteiger partial charge in [-0.3, -0.25) is 19.0 Å². The smallest absolute Gasteiger partial charge is 0.296 e. The molecule has 2 unspecified atom stereocenters. The van der Waals surface area contributed by atoms with Crippen LogP contribution in [0.5, 0.6) is 0 Å². The molecule has 0 radical (unpaired) electrons. The van der Waals surface area contributed by atoms with Gasteiger partial charge >= 0.3 is 0 Å². The molecule has 180 valence electrons. The third kappa shape index (κ3) is 4.51. The number of ether oxygens (including phenoxy) is 1. The van der Waals surface area contributed by atoms with Gasteiger partial charge in [-0.1, -0.05) is 18.2 Å². The molecule has 0 saturated carbocycles. The third-order valence-corrected chi connectivity index (χ3v) is 7.27. The molecule has 1 aliphatic rings. The summed E-state index contributed by atoms with van der Waals surface area (Å²) in [6, 6.07) is 14.7. The number of amides is 1. The lowest BCUT2D eigenvalue weighted by Gasteiger charge is -2.35. The second kappa shape index (κ2) is 9.11. The molecule has 1 aliphatic heterocycles. The maximum atomic E-state index is 13.1. The van der Waals surface area contributed by atoms with Crippen molar-refractivity contribution in [1.29, 1.82) is 0 Å². The lowest BCUT2D eigenvalue weighted by atomic mass is 10.1. The van der Waals surface area contributed by atoms with E-state index in [1.54, 1.807) is 47.8 Å². The van der Waals surface area contributed by atoms with Gasteiger partial charge in [-0.25, -0.2) is 13.1 Å². The number of anilines is 1. The predicted molar refractivity (Wildman–Crippen MR) is 129 cm³/mol. The van der Waals surface area contributed by atoms with Crippen LogP contribution < -0.4 is 10.3 Å². The minimum Gasteiger partial charge on any atom is -0.372 e. The summed E-state index contributed by atoms with van der Waals surface area (Å²) in [5.41, 5.74) is 0.987. The van der Waals surface area contributed by atoms with Gasteiger partial charge < -0.3 is 9.64 Å². The highest BCUT2D eigenvalue weighted by molar-refractivity contribution is 7.92. The molecule has 0 aliphatic carbocycles. The Kier molecular flexibility index (Phi) is 6.37. The molecule has 2 aromatic carbocycles. The van der Waals surface area contributed by atoms with Crippen LogP contribution in [0.15, 0.2) is 64.3 Å². The van der Waals surface area contributed by atoms with Gasteiger partial charge in [-0.2, -0.15) is 0 Å². The van der Waals surface area contributed by atoms with E-state index in [9.17, 15) is 18.0 Å². The molecular weight excluding hydrogens is 456 g/mol. The average Bonchev–Trinajstić information content (AvgIpc) is 3.01. The number of carbonyl (C=O) groups is 1. The van der Waals surface area contributed by atoms with E-state index in [2.05, 4.69) is 4.72 Å². The molecule has 2 heterocycles. The van der Waals surface area contributed by atoms with Crippen molar-refractivity contribution in [2.24, 2.45) is 7.05 Å². The zero-order valence-corrected chi connectivity index (χ0v) is 20.4. The number of benzene rings is 2. The van der Waals surface area contributed by atoms with Crippen LogP contribution in [0, 0.1) is 6.92 Å². The minimum atomic E-state index is -4.05. The second-order valence-corrected chi connectivity index (χ2v) is 10.2. The van der Waals surface area contributed by atoms with Gasteiger partial charge in [-0.15, -0.1) is 0 Å². The van der Waals surface area contributed by atoms with Crippen molar-refractivity contribution in [3.63, 3.8) is 0 Å². The number of hydrogen-bond donors (Lipinski definition) is 1. The molecule has 1 aromatic heterocycles. The van der Waals surface area contributed by atoms with E-state index < -0.39 is 15.6 Å². The monoisotopic (exact) mass is 484 g/mol. The molecule has 9 nitrogen and oxygen atoms in total. The number of hydrogen-bond acceptors (Lipinski definition) is 5. The van der Waals surface area contributed by atoms with Gasteiger partial charge in [0, 0.05) is 25.7 Å². The van der Waals surface area contributed by atoms with E-state index in [-0.39, 0.29) is 28.7 Å². The van der Waals surface area contributed by atoms with Crippen LogP contribution in [0.3, 0.4) is 0 Å². The van der Waals surface area contributed by atoms with Crippen molar-refractivity contribution in [2.45, 2.75) is 37.9 Å². The van der Waals surface area contributed by atoms with E-state index in [4.69, 9.17) is 4.74 Å². The van der Waals surface area contributed by atoms with Crippen LogP contribution in [0.2, 0.25) is 0 Å². The van der Waals surface area contributed by atoms with E-state index in [1.807, 2.05) is 19.9 Å². The van der Waals surface area contributed by atoms with Crippen LogP contribution in [-0.2, 0) is 21.8 Å². The lowest BCUT2D eigenvalue weighted by molar-refractivity contribution is -0.0586. The maximum absolute atomic E-state index is 13.1. The molecule has 34 heavy (non-hydrogen) atoms. The van der Waals surface area contributed by atoms with Crippen LogP contribution in [0.4, 0.5) is 5.69 Å². The highest BCUT2D eigenvalue weighted by Crippen LogP contribution is 2.20. The third-order valence-electron chi connectivity index (χ3n) is 5.91. The van der Waals surface area contributed by atoms with Crippen molar-refractivity contribution in [2.75, 3.05) is 17.8 Å². The summed E-state index contributed by atoms with van der Waals surface area (Å²) in [6.45, 7) is 6.45. The van der Waals surface area contributed by atoms with E-state index >= 15 is 0 Å². The normalized spacial score (nSPS) is 18.6. The Bertz CT molecular complexity index is 1350. The van der Waals surface area contributed by atoms with Crippen molar-refractivity contribution in [1.82, 2.24) is 14.3 Å². The first-order valence-corrected chi connectivity index (χ1v) is 12.5. The Hall–Kier alpha value is -3.37. The minimum absolute atomic E-state index is 0.0252. The fraction of sp³-hybridized carbons (Fsp3) is 0.333. The summed E-state index contributed by atoms with van der Waals surface area (Å²) in [6.07, 6.45) is -0.129. The molecule has 0 bridgehead atoms. The number of para-hydroxylation sites is 1. The standard InChI is InChI=1S/C24H28N4O5S/c1-16-14-27(15-17(2)33-16)23(29)19-10-12-21(13-11-19)34(31,32)25-22-18(3)26(4)28(24(22)30)20-8-6-5-7-9-20/h5-13,16-17,25H,14-15H2,1-4H3. The van der Waals surface area contributed by atoms with E-state index in [0.29, 0.717) is 30.0 Å². The largest absolute Gasteiger partial charge is 0.372 e. The summed E-state index contributed by atoms with van der Waals surface area (Å²) in [5.74, 6) is -0.177. The fourth-order valence-corrected chi connectivity index (χ4v) is 5.30. The van der Waals surface area contributed by atoms with Gasteiger partial charge in [-0.05, 0) is 57.2 Å². The van der Waals surface area contributed by atoms with Crippen molar-refractivity contribution < 1.29 is 17.9 Å². The Morgan fingerprint density at radius 2 is 1.59 bits per heavy atom. The summed E-state index contributed by atoms with van der Waals surface area (Å²) in [5, 5.41) is 0. The number of aromatic nitrogens is 2. The first-order chi connectivity index (χ1) is 16.1. The topological polar surface area (TPSA) is 103 Å². The number of nitrogens with zero attached hydrogens (tertiary/aromatic N) is 3. The van der Waals surface area contributed by atoms with Crippen LogP contribution in [-0.4, -0.2) is 53.9 Å². The molecule has 1 amide bonds. The quantitative estimate of drug-likeness (QED) is 0.600. The van der Waals surface area contributed by atoms with Gasteiger partial charge in [0.1, 0.15) is 5.69 Å². The highest BCUT2D eigenvalue weighted by Gasteiger charge is 2.27. The molecule has 3 aromatic rings. The fourth-order valence-electron chi connectivity index (χ4n) is 4.18. The summed E-state index contributed by atoms with van der Waals surface area (Å²) < 4.78 is 37.2. The van der Waals surface area contributed by atoms with Crippen molar-refractivity contribution in [3.8, 4) is 5.69 Å². The van der Waals surface area contributed by atoms with Gasteiger partial charge in [0.15, 0.2) is 0 Å². The van der Waals surface area contributed by atoms with E-state index in [1.165, 1.54) is 28.9 Å². The lowest BCUT2D eigenvalue weighted by Crippen LogP contribution is -2.48. The number of rotatable bonds is 5. The first kappa shape index (κ1) is 23.8. The number of carbonyl (C=O) groups excluding carboxylic acids is 1. The average molecular weight is 485 g/mol. The van der Waals surface area contributed by atoms with Crippen molar-refractivity contribution >= 4 is 21.6 Å². The molecule has 1 N–H and O–H groups in total. The molecule has 1 saturated heterocycles. The Morgan fingerprint density at radius 1 is 1.00 bits per heavy atom. The van der Waals surface area contributed by atoms with Crippen LogP contribution in [0.25, 0.3) is 5.69 Å². The SMILES string of the molecule is Cc1c(NS(=O)(=O)c2ccc(C(=O)N3CC(C)OC(C)C3)cc2)c(=O)n(-c2ccccc2)n1C. The molecular formula is C24H28N4O5S.